The molecule has 0 saturated carbocycles. The van der Waals surface area contributed by atoms with Gasteiger partial charge in [-0.1, -0.05) is 13.8 Å². The Hall–Kier alpha value is 0.250. The highest BCUT2D eigenvalue weighted by atomic mass is 35.5. The minimum Gasteiger partial charge on any atom is -0.294 e. The molecule has 0 aromatic rings. The SMILES string of the molecule is CC(C)C(C)N1CCC(Cl)C1(C)C. The first-order valence-corrected chi connectivity index (χ1v) is 5.71. The summed E-state index contributed by atoms with van der Waals surface area (Å²) >= 11 is 6.31. The smallest absolute Gasteiger partial charge is 0.0526 e. The molecule has 2 atom stereocenters. The predicted molar refractivity (Wildman–Crippen MR) is 59.3 cm³/mol. The fourth-order valence-electron chi connectivity index (χ4n) is 2.16. The molecule has 2 unspecified atom stereocenters. The predicted octanol–water partition coefficient (Wildman–Crippen LogP) is 3.12. The van der Waals surface area contributed by atoms with Crippen LogP contribution in [-0.2, 0) is 0 Å². The summed E-state index contributed by atoms with van der Waals surface area (Å²) in [5, 5.41) is 0.314. The third kappa shape index (κ3) is 2.02. The maximum absolute atomic E-state index is 6.31. The van der Waals surface area contributed by atoms with E-state index in [0.29, 0.717) is 17.3 Å². The number of hydrogen-bond donors (Lipinski definition) is 0. The molecule has 0 aliphatic carbocycles. The highest BCUT2D eigenvalue weighted by Gasteiger charge is 2.42. The molecule has 1 heterocycles. The number of rotatable bonds is 2. The van der Waals surface area contributed by atoms with Gasteiger partial charge in [0.2, 0.25) is 0 Å². The van der Waals surface area contributed by atoms with E-state index in [0.717, 1.165) is 13.0 Å². The normalized spacial score (nSPS) is 31.2. The van der Waals surface area contributed by atoms with Crippen LogP contribution in [0.3, 0.4) is 0 Å². The zero-order valence-corrected chi connectivity index (χ0v) is 10.2. The summed E-state index contributed by atoms with van der Waals surface area (Å²) in [4.78, 5) is 2.55. The maximum atomic E-state index is 6.31. The van der Waals surface area contributed by atoms with Gasteiger partial charge in [-0.15, -0.1) is 11.6 Å². The Morgan fingerprint density at radius 1 is 1.31 bits per heavy atom. The van der Waals surface area contributed by atoms with E-state index in [2.05, 4.69) is 39.5 Å². The van der Waals surface area contributed by atoms with Gasteiger partial charge in [-0.25, -0.2) is 0 Å². The minimum absolute atomic E-state index is 0.172. The summed E-state index contributed by atoms with van der Waals surface area (Å²) in [7, 11) is 0. The van der Waals surface area contributed by atoms with Crippen LogP contribution in [0.5, 0.6) is 0 Å². The van der Waals surface area contributed by atoms with Gasteiger partial charge >= 0.3 is 0 Å². The Labute approximate surface area is 87.4 Å². The van der Waals surface area contributed by atoms with Crippen molar-refractivity contribution in [2.24, 2.45) is 5.92 Å². The average molecular weight is 204 g/mol. The van der Waals surface area contributed by atoms with Gasteiger partial charge < -0.3 is 0 Å². The lowest BCUT2D eigenvalue weighted by atomic mass is 9.96. The molecule has 1 nitrogen and oxygen atoms in total. The lowest BCUT2D eigenvalue weighted by molar-refractivity contribution is 0.0987. The largest absolute Gasteiger partial charge is 0.294 e. The molecule has 0 N–H and O–H groups in total. The van der Waals surface area contributed by atoms with Gasteiger partial charge in [0, 0.05) is 18.1 Å². The molecule has 0 aromatic carbocycles. The van der Waals surface area contributed by atoms with Gasteiger partial charge in [0.05, 0.1) is 5.38 Å². The van der Waals surface area contributed by atoms with E-state index >= 15 is 0 Å². The van der Waals surface area contributed by atoms with Crippen molar-refractivity contribution in [3.63, 3.8) is 0 Å². The first-order valence-electron chi connectivity index (χ1n) is 5.28. The first kappa shape index (κ1) is 11.3. The molecule has 1 fully saturated rings. The van der Waals surface area contributed by atoms with Gasteiger partial charge in [-0.3, -0.25) is 4.90 Å². The van der Waals surface area contributed by atoms with Crippen molar-refractivity contribution in [1.29, 1.82) is 0 Å². The number of alkyl halides is 1. The standard InChI is InChI=1S/C11H22ClN/c1-8(2)9(3)13-7-6-10(12)11(13,4)5/h8-10H,6-7H2,1-5H3. The number of hydrogen-bond acceptors (Lipinski definition) is 1. The topological polar surface area (TPSA) is 3.24 Å². The molecule has 13 heavy (non-hydrogen) atoms. The molecular formula is C11H22ClN. The van der Waals surface area contributed by atoms with E-state index in [1.165, 1.54) is 0 Å². The lowest BCUT2D eigenvalue weighted by Gasteiger charge is -2.40. The van der Waals surface area contributed by atoms with Crippen LogP contribution in [0.15, 0.2) is 0 Å². The van der Waals surface area contributed by atoms with Crippen molar-refractivity contribution >= 4 is 11.6 Å². The van der Waals surface area contributed by atoms with Crippen molar-refractivity contribution in [2.75, 3.05) is 6.54 Å². The van der Waals surface area contributed by atoms with Crippen LogP contribution < -0.4 is 0 Å². The van der Waals surface area contributed by atoms with Crippen LogP contribution in [0.2, 0.25) is 0 Å². The Bertz CT molecular complexity index is 177. The second-order valence-corrected chi connectivity index (χ2v) is 5.61. The van der Waals surface area contributed by atoms with Gasteiger partial charge in [-0.05, 0) is 33.1 Å². The third-order valence-corrected chi connectivity index (χ3v) is 4.34. The van der Waals surface area contributed by atoms with Crippen LogP contribution in [0.1, 0.15) is 41.0 Å². The third-order valence-electron chi connectivity index (χ3n) is 3.59. The van der Waals surface area contributed by atoms with Crippen LogP contribution in [0.4, 0.5) is 0 Å². The first-order chi connectivity index (χ1) is 5.87. The fraction of sp³-hybridized carbons (Fsp3) is 1.00. The van der Waals surface area contributed by atoms with Crippen molar-refractivity contribution in [3.05, 3.63) is 0 Å². The Kier molecular flexibility index (Phi) is 3.29. The van der Waals surface area contributed by atoms with Crippen LogP contribution in [-0.4, -0.2) is 28.4 Å². The summed E-state index contributed by atoms with van der Waals surface area (Å²) in [5.41, 5.74) is 0.172. The van der Waals surface area contributed by atoms with E-state index in [4.69, 9.17) is 11.6 Å². The molecular weight excluding hydrogens is 182 g/mol. The van der Waals surface area contributed by atoms with E-state index in [1.54, 1.807) is 0 Å². The quantitative estimate of drug-likeness (QED) is 0.624. The summed E-state index contributed by atoms with van der Waals surface area (Å²) in [6.45, 7) is 12.5. The van der Waals surface area contributed by atoms with Gasteiger partial charge in [0.25, 0.3) is 0 Å². The fourth-order valence-corrected chi connectivity index (χ4v) is 2.39. The minimum atomic E-state index is 0.172. The maximum Gasteiger partial charge on any atom is 0.0526 e. The monoisotopic (exact) mass is 203 g/mol. The second-order valence-electron chi connectivity index (χ2n) is 5.09. The Morgan fingerprint density at radius 2 is 1.85 bits per heavy atom. The van der Waals surface area contributed by atoms with Crippen molar-refractivity contribution in [1.82, 2.24) is 4.90 Å². The summed E-state index contributed by atoms with van der Waals surface area (Å²) < 4.78 is 0. The number of likely N-dealkylation sites (tertiary alicyclic amines) is 1. The van der Waals surface area contributed by atoms with Gasteiger partial charge in [-0.2, -0.15) is 0 Å². The van der Waals surface area contributed by atoms with E-state index in [1.807, 2.05) is 0 Å². The average Bonchev–Trinajstić information content (AvgIpc) is 2.26. The number of halogens is 1. The Morgan fingerprint density at radius 3 is 2.15 bits per heavy atom. The van der Waals surface area contributed by atoms with Gasteiger partial charge in [0.15, 0.2) is 0 Å². The van der Waals surface area contributed by atoms with E-state index < -0.39 is 0 Å². The highest BCUT2D eigenvalue weighted by Crippen LogP contribution is 2.35. The summed E-state index contributed by atoms with van der Waals surface area (Å²) in [6, 6.07) is 0.638. The molecule has 0 aromatic heterocycles. The van der Waals surface area contributed by atoms with Crippen molar-refractivity contribution in [2.45, 2.75) is 58.0 Å². The molecule has 1 aliphatic heterocycles. The zero-order valence-electron chi connectivity index (χ0n) is 9.47. The van der Waals surface area contributed by atoms with Crippen molar-refractivity contribution < 1.29 is 0 Å². The molecule has 78 valence electrons. The molecule has 1 saturated heterocycles. The van der Waals surface area contributed by atoms with Crippen molar-refractivity contribution in [3.8, 4) is 0 Å². The highest BCUT2D eigenvalue weighted by molar-refractivity contribution is 6.21. The molecule has 0 spiro atoms. The zero-order chi connectivity index (χ0) is 10.2. The van der Waals surface area contributed by atoms with Crippen LogP contribution >= 0.6 is 11.6 Å². The van der Waals surface area contributed by atoms with Gasteiger partial charge in [0.1, 0.15) is 0 Å². The molecule has 1 rings (SSSR count). The molecule has 0 amide bonds. The lowest BCUT2D eigenvalue weighted by Crippen LogP contribution is -2.49. The molecule has 2 heteroatoms. The summed E-state index contributed by atoms with van der Waals surface area (Å²) in [6.07, 6.45) is 1.13. The molecule has 0 bridgehead atoms. The van der Waals surface area contributed by atoms with Crippen LogP contribution in [0.25, 0.3) is 0 Å². The summed E-state index contributed by atoms with van der Waals surface area (Å²) in [5.74, 6) is 0.709. The molecule has 0 radical (unpaired) electrons. The van der Waals surface area contributed by atoms with E-state index in [9.17, 15) is 0 Å². The Balaban J connectivity index is 2.71. The van der Waals surface area contributed by atoms with E-state index in [-0.39, 0.29) is 5.54 Å². The second kappa shape index (κ2) is 3.78. The molecule has 1 aliphatic rings. The van der Waals surface area contributed by atoms with Crippen LogP contribution in [0, 0.1) is 5.92 Å². The number of nitrogens with zero attached hydrogens (tertiary/aromatic N) is 1.